The molecule has 0 atom stereocenters. The molecular weight excluding hydrogens is 312 g/mol. The van der Waals surface area contributed by atoms with Crippen molar-refractivity contribution >= 4 is 29.0 Å². The quantitative estimate of drug-likeness (QED) is 0.798. The van der Waals surface area contributed by atoms with E-state index in [9.17, 15) is 9.59 Å². The van der Waals surface area contributed by atoms with Crippen molar-refractivity contribution in [2.45, 2.75) is 26.4 Å². The van der Waals surface area contributed by atoms with Crippen LogP contribution >= 0.6 is 11.3 Å². The van der Waals surface area contributed by atoms with Gasteiger partial charge in [0.1, 0.15) is 0 Å². The van der Waals surface area contributed by atoms with Crippen molar-refractivity contribution in [1.29, 1.82) is 0 Å². The van der Waals surface area contributed by atoms with Crippen LogP contribution in [-0.2, 0) is 24.3 Å². The summed E-state index contributed by atoms with van der Waals surface area (Å²) in [6.07, 6.45) is 2.85. The molecule has 2 aromatic rings. The van der Waals surface area contributed by atoms with Crippen molar-refractivity contribution in [3.05, 3.63) is 45.9 Å². The van der Waals surface area contributed by atoms with Gasteiger partial charge in [0.15, 0.2) is 0 Å². The highest BCUT2D eigenvalue weighted by atomic mass is 32.1. The van der Waals surface area contributed by atoms with Crippen LogP contribution in [0.2, 0.25) is 0 Å². The van der Waals surface area contributed by atoms with Crippen LogP contribution in [0, 0.1) is 0 Å². The number of imide groups is 1. The second-order valence-electron chi connectivity index (χ2n) is 5.27. The molecule has 1 aliphatic rings. The van der Waals surface area contributed by atoms with Crippen LogP contribution in [0.1, 0.15) is 22.4 Å². The van der Waals surface area contributed by atoms with E-state index in [1.165, 1.54) is 9.78 Å². The van der Waals surface area contributed by atoms with Crippen molar-refractivity contribution in [3.63, 3.8) is 0 Å². The number of carbonyl (C=O) groups excluding carboxylic acids is 2. The smallest absolute Gasteiger partial charge is 0.324 e. The number of aromatic nitrogens is 1. The molecule has 2 heterocycles. The van der Waals surface area contributed by atoms with Crippen molar-refractivity contribution < 1.29 is 9.59 Å². The third kappa shape index (κ3) is 3.68. The number of hydrogen-bond donors (Lipinski definition) is 2. The minimum absolute atomic E-state index is 0.0852. The average Bonchev–Trinajstić information content (AvgIpc) is 3.15. The number of benzene rings is 1. The number of nitrogens with zero attached hydrogens (tertiary/aromatic N) is 2. The molecule has 0 saturated carbocycles. The fourth-order valence-corrected chi connectivity index (χ4v) is 3.16. The molecule has 0 unspecified atom stereocenters. The maximum absolute atomic E-state index is 11.6. The van der Waals surface area contributed by atoms with Gasteiger partial charge >= 0.3 is 6.03 Å². The number of carbonyl (C=O) groups is 2. The molecule has 3 amide bonds. The molecule has 120 valence electrons. The number of anilines is 1. The molecule has 23 heavy (non-hydrogen) atoms. The van der Waals surface area contributed by atoms with Crippen molar-refractivity contribution in [1.82, 2.24) is 15.2 Å². The lowest BCUT2D eigenvalue weighted by Crippen LogP contribution is -2.30. The van der Waals surface area contributed by atoms with E-state index in [4.69, 9.17) is 0 Å². The largest absolute Gasteiger partial charge is 0.380 e. The highest BCUT2D eigenvalue weighted by molar-refractivity contribution is 7.11. The molecule has 0 aliphatic carbocycles. The molecule has 6 nitrogen and oxygen atoms in total. The zero-order valence-electron chi connectivity index (χ0n) is 12.8. The first-order valence-electron chi connectivity index (χ1n) is 7.50. The summed E-state index contributed by atoms with van der Waals surface area (Å²) in [7, 11) is 0. The van der Waals surface area contributed by atoms with E-state index in [1.54, 1.807) is 11.3 Å². The van der Waals surface area contributed by atoms with Crippen molar-refractivity contribution in [2.24, 2.45) is 0 Å². The van der Waals surface area contributed by atoms with E-state index >= 15 is 0 Å². The lowest BCUT2D eigenvalue weighted by Gasteiger charge is -2.13. The van der Waals surface area contributed by atoms with Crippen molar-refractivity contribution in [3.8, 4) is 0 Å². The highest BCUT2D eigenvalue weighted by Crippen LogP contribution is 2.18. The Morgan fingerprint density at radius 3 is 2.96 bits per heavy atom. The fourth-order valence-electron chi connectivity index (χ4n) is 2.36. The van der Waals surface area contributed by atoms with Gasteiger partial charge in [0.05, 0.1) is 24.6 Å². The minimum Gasteiger partial charge on any atom is -0.380 e. The van der Waals surface area contributed by atoms with Crippen LogP contribution < -0.4 is 10.6 Å². The third-order valence-electron chi connectivity index (χ3n) is 3.58. The Kier molecular flexibility index (Phi) is 4.57. The van der Waals surface area contributed by atoms with Gasteiger partial charge in [-0.2, -0.15) is 0 Å². The summed E-state index contributed by atoms with van der Waals surface area (Å²) in [5, 5.41) is 7.01. The van der Waals surface area contributed by atoms with Crippen molar-refractivity contribution in [2.75, 3.05) is 11.9 Å². The summed E-state index contributed by atoms with van der Waals surface area (Å²) >= 11 is 1.70. The first-order valence-corrected chi connectivity index (χ1v) is 8.32. The maximum atomic E-state index is 11.6. The first-order chi connectivity index (χ1) is 11.2. The van der Waals surface area contributed by atoms with Crippen LogP contribution in [0.3, 0.4) is 0 Å². The lowest BCUT2D eigenvalue weighted by molar-refractivity contribution is -0.125. The Hall–Kier alpha value is -2.41. The number of aryl methyl sites for hydroxylation is 1. The topological polar surface area (TPSA) is 74.3 Å². The number of nitrogens with one attached hydrogen (secondary N) is 2. The summed E-state index contributed by atoms with van der Waals surface area (Å²) < 4.78 is 0. The number of thiazole rings is 1. The van der Waals surface area contributed by atoms with E-state index in [-0.39, 0.29) is 18.5 Å². The predicted octanol–water partition coefficient (Wildman–Crippen LogP) is 2.37. The molecule has 0 spiro atoms. The Morgan fingerprint density at radius 2 is 2.26 bits per heavy atom. The Morgan fingerprint density at radius 1 is 1.39 bits per heavy atom. The van der Waals surface area contributed by atoms with Gasteiger partial charge in [0.2, 0.25) is 5.91 Å². The molecule has 0 bridgehead atoms. The van der Waals surface area contributed by atoms with E-state index in [0.717, 1.165) is 22.7 Å². The predicted molar refractivity (Wildman–Crippen MR) is 89.2 cm³/mol. The number of hydrogen-bond acceptors (Lipinski definition) is 5. The van der Waals surface area contributed by atoms with Gasteiger partial charge in [-0.25, -0.2) is 9.78 Å². The third-order valence-corrected chi connectivity index (χ3v) is 4.72. The van der Waals surface area contributed by atoms with Crippen LogP contribution in [-0.4, -0.2) is 28.4 Å². The Bertz CT molecular complexity index is 712. The van der Waals surface area contributed by atoms with Crippen LogP contribution in [0.15, 0.2) is 30.5 Å². The fraction of sp³-hybridized carbons (Fsp3) is 0.312. The SMILES string of the molecule is CCc1ncc(CNc2cccc(CN3C(=O)CNC3=O)c2)s1. The molecule has 2 N–H and O–H groups in total. The highest BCUT2D eigenvalue weighted by Gasteiger charge is 2.28. The summed E-state index contributed by atoms with van der Waals surface area (Å²) in [5.74, 6) is -0.190. The second-order valence-corrected chi connectivity index (χ2v) is 6.47. The first kappa shape index (κ1) is 15.5. The van der Waals surface area contributed by atoms with Gasteiger partial charge in [-0.15, -0.1) is 11.3 Å². The normalized spacial score (nSPS) is 14.2. The summed E-state index contributed by atoms with van der Waals surface area (Å²) in [6.45, 7) is 3.18. The van der Waals surface area contributed by atoms with Crippen LogP contribution in [0.4, 0.5) is 10.5 Å². The second kappa shape index (κ2) is 6.78. The molecule has 1 aromatic carbocycles. The molecule has 1 fully saturated rings. The van der Waals surface area contributed by atoms with Crippen LogP contribution in [0.5, 0.6) is 0 Å². The molecule has 1 aliphatic heterocycles. The number of amides is 3. The Balaban J connectivity index is 1.63. The van der Waals surface area contributed by atoms with Gasteiger partial charge in [-0.1, -0.05) is 19.1 Å². The zero-order valence-corrected chi connectivity index (χ0v) is 13.7. The molecule has 7 heteroatoms. The molecule has 0 radical (unpaired) electrons. The number of urea groups is 1. The molecule has 3 rings (SSSR count). The summed E-state index contributed by atoms with van der Waals surface area (Å²) in [4.78, 5) is 30.0. The van der Waals surface area contributed by atoms with Gasteiger partial charge < -0.3 is 10.6 Å². The van der Waals surface area contributed by atoms with E-state index in [2.05, 4.69) is 22.5 Å². The number of rotatable bonds is 6. The summed E-state index contributed by atoms with van der Waals surface area (Å²) in [6, 6.07) is 7.43. The average molecular weight is 330 g/mol. The van der Waals surface area contributed by atoms with E-state index in [1.807, 2.05) is 30.5 Å². The van der Waals surface area contributed by atoms with Gasteiger partial charge in [0.25, 0.3) is 0 Å². The molecular formula is C16H18N4O2S. The monoisotopic (exact) mass is 330 g/mol. The standard InChI is InChI=1S/C16H18N4O2S/c1-2-14-18-8-13(23-14)7-17-12-5-3-4-11(6-12)10-20-15(21)9-19-16(20)22/h3-6,8,17H,2,7,9-10H2,1H3,(H,19,22). The van der Waals surface area contributed by atoms with E-state index < -0.39 is 0 Å². The molecule has 1 saturated heterocycles. The van der Waals surface area contributed by atoms with Gasteiger partial charge in [0, 0.05) is 16.8 Å². The van der Waals surface area contributed by atoms with Gasteiger partial charge in [-0.3, -0.25) is 9.69 Å². The minimum atomic E-state index is -0.329. The van der Waals surface area contributed by atoms with Gasteiger partial charge in [-0.05, 0) is 24.1 Å². The molecule has 1 aromatic heterocycles. The lowest BCUT2D eigenvalue weighted by atomic mass is 10.2. The van der Waals surface area contributed by atoms with Crippen LogP contribution in [0.25, 0.3) is 0 Å². The Labute approximate surface area is 138 Å². The maximum Gasteiger partial charge on any atom is 0.324 e. The van der Waals surface area contributed by atoms with E-state index in [0.29, 0.717) is 13.1 Å². The summed E-state index contributed by atoms with van der Waals surface area (Å²) in [5.41, 5.74) is 1.87. The zero-order chi connectivity index (χ0) is 16.2.